The lowest BCUT2D eigenvalue weighted by atomic mass is 10.0. The maximum absolute atomic E-state index is 13.6. The number of rotatable bonds is 4. The van der Waals surface area contributed by atoms with Gasteiger partial charge in [-0.1, -0.05) is 41.9 Å². The normalized spacial score (nSPS) is 14.8. The number of carbonyl (C=O) groups excluding carboxylic acids is 1. The van der Waals surface area contributed by atoms with E-state index >= 15 is 0 Å². The highest BCUT2D eigenvalue weighted by atomic mass is 35.5. The molecule has 5 nitrogen and oxygen atoms in total. The highest BCUT2D eigenvalue weighted by molar-refractivity contribution is 7.09. The Morgan fingerprint density at radius 3 is 2.50 bits per heavy atom. The van der Waals surface area contributed by atoms with E-state index in [1.807, 2.05) is 66.4 Å². The lowest BCUT2D eigenvalue weighted by Crippen LogP contribution is -2.48. The zero-order valence-electron chi connectivity index (χ0n) is 17.8. The number of hydrogen-bond acceptors (Lipinski definition) is 5. The Morgan fingerprint density at radius 2 is 1.78 bits per heavy atom. The molecule has 0 radical (unpaired) electrons. The van der Waals surface area contributed by atoms with Crippen LogP contribution in [0.15, 0.2) is 60.0 Å². The summed E-state index contributed by atoms with van der Waals surface area (Å²) in [6.45, 7) is 5.96. The van der Waals surface area contributed by atoms with Crippen molar-refractivity contribution < 1.29 is 4.79 Å². The van der Waals surface area contributed by atoms with Crippen LogP contribution in [0.4, 0.5) is 0 Å². The lowest BCUT2D eigenvalue weighted by Gasteiger charge is -2.34. The van der Waals surface area contributed by atoms with E-state index in [1.54, 1.807) is 11.3 Å². The Morgan fingerprint density at radius 1 is 1.03 bits per heavy atom. The molecule has 162 valence electrons. The smallest absolute Gasteiger partial charge is 0.254 e. The Hall–Kier alpha value is -2.80. The van der Waals surface area contributed by atoms with Crippen LogP contribution in [-0.2, 0) is 6.54 Å². The molecule has 1 aliphatic rings. The molecule has 1 fully saturated rings. The average Bonchev–Trinajstić information content (AvgIpc) is 3.23. The predicted octanol–water partition coefficient (Wildman–Crippen LogP) is 5.28. The summed E-state index contributed by atoms with van der Waals surface area (Å²) in [4.78, 5) is 27.2. The van der Waals surface area contributed by atoms with Crippen LogP contribution < -0.4 is 0 Å². The van der Waals surface area contributed by atoms with Crippen LogP contribution >= 0.6 is 22.9 Å². The topological polar surface area (TPSA) is 49.3 Å². The molecule has 7 heteroatoms. The minimum atomic E-state index is 0.0583. The Balaban J connectivity index is 1.39. The third-order valence-corrected chi connectivity index (χ3v) is 6.87. The van der Waals surface area contributed by atoms with Crippen LogP contribution in [-0.4, -0.2) is 51.9 Å². The van der Waals surface area contributed by atoms with Crippen LogP contribution in [0.1, 0.15) is 21.1 Å². The zero-order chi connectivity index (χ0) is 22.1. The number of para-hydroxylation sites is 1. The van der Waals surface area contributed by atoms with Gasteiger partial charge in [-0.25, -0.2) is 9.97 Å². The molecule has 0 saturated carbocycles. The van der Waals surface area contributed by atoms with Gasteiger partial charge in [-0.2, -0.15) is 0 Å². The molecule has 0 atom stereocenters. The monoisotopic (exact) mass is 462 g/mol. The fourth-order valence-corrected chi connectivity index (χ4v) is 4.84. The number of piperazine rings is 1. The van der Waals surface area contributed by atoms with Gasteiger partial charge in [-0.15, -0.1) is 11.3 Å². The van der Waals surface area contributed by atoms with Gasteiger partial charge in [0.1, 0.15) is 0 Å². The molecule has 0 aliphatic carbocycles. The minimum Gasteiger partial charge on any atom is -0.336 e. The third kappa shape index (κ3) is 4.39. The van der Waals surface area contributed by atoms with Crippen molar-refractivity contribution in [3.05, 3.63) is 81.3 Å². The summed E-state index contributed by atoms with van der Waals surface area (Å²) in [7, 11) is 0. The van der Waals surface area contributed by atoms with Crippen molar-refractivity contribution in [1.82, 2.24) is 19.8 Å². The summed E-state index contributed by atoms with van der Waals surface area (Å²) in [5.74, 6) is 0.0583. The maximum Gasteiger partial charge on any atom is 0.254 e. The van der Waals surface area contributed by atoms with Gasteiger partial charge >= 0.3 is 0 Å². The number of thiazole rings is 1. The van der Waals surface area contributed by atoms with Gasteiger partial charge in [0.2, 0.25) is 0 Å². The van der Waals surface area contributed by atoms with Gasteiger partial charge in [0, 0.05) is 54.1 Å². The fourth-order valence-electron chi connectivity index (χ4n) is 4.11. The quantitative estimate of drug-likeness (QED) is 0.414. The van der Waals surface area contributed by atoms with Gasteiger partial charge in [0.25, 0.3) is 5.91 Å². The molecule has 4 aromatic rings. The van der Waals surface area contributed by atoms with Crippen LogP contribution in [0.25, 0.3) is 22.2 Å². The molecule has 0 spiro atoms. The van der Waals surface area contributed by atoms with Crippen LogP contribution in [0.3, 0.4) is 0 Å². The number of amides is 1. The van der Waals surface area contributed by atoms with Gasteiger partial charge in [-0.3, -0.25) is 9.69 Å². The molecule has 1 saturated heterocycles. The predicted molar refractivity (Wildman–Crippen MR) is 130 cm³/mol. The molecule has 3 heterocycles. The first-order chi connectivity index (χ1) is 15.6. The number of halogens is 1. The number of aryl methyl sites for hydroxylation is 1. The molecule has 0 bridgehead atoms. The zero-order valence-corrected chi connectivity index (χ0v) is 19.4. The highest BCUT2D eigenvalue weighted by Crippen LogP contribution is 2.27. The van der Waals surface area contributed by atoms with Crippen LogP contribution in [0.5, 0.6) is 0 Å². The van der Waals surface area contributed by atoms with Crippen molar-refractivity contribution in [3.63, 3.8) is 0 Å². The molecule has 32 heavy (non-hydrogen) atoms. The largest absolute Gasteiger partial charge is 0.336 e. The van der Waals surface area contributed by atoms with Gasteiger partial charge in [0.05, 0.1) is 27.5 Å². The summed E-state index contributed by atoms with van der Waals surface area (Å²) in [5, 5.41) is 4.77. The minimum absolute atomic E-state index is 0.0583. The van der Waals surface area contributed by atoms with E-state index in [4.69, 9.17) is 16.6 Å². The van der Waals surface area contributed by atoms with Crippen molar-refractivity contribution in [2.45, 2.75) is 13.5 Å². The number of benzene rings is 2. The van der Waals surface area contributed by atoms with E-state index in [9.17, 15) is 4.79 Å². The van der Waals surface area contributed by atoms with Crippen molar-refractivity contribution in [2.75, 3.05) is 26.2 Å². The second-order valence-corrected chi connectivity index (χ2v) is 9.50. The molecule has 1 amide bonds. The first kappa shape index (κ1) is 21.1. The molecule has 5 rings (SSSR count). The molecule has 1 aliphatic heterocycles. The molecule has 0 N–H and O–H groups in total. The molecule has 2 aromatic heterocycles. The van der Waals surface area contributed by atoms with E-state index < -0.39 is 0 Å². The van der Waals surface area contributed by atoms with Gasteiger partial charge < -0.3 is 4.90 Å². The number of nitrogens with zero attached hydrogens (tertiary/aromatic N) is 4. The number of pyridine rings is 1. The Kier molecular flexibility index (Phi) is 5.91. The first-order valence-electron chi connectivity index (χ1n) is 10.7. The highest BCUT2D eigenvalue weighted by Gasteiger charge is 2.24. The fraction of sp³-hybridized carbons (Fsp3) is 0.240. The molecular weight excluding hydrogens is 440 g/mol. The molecule has 2 aromatic carbocycles. The van der Waals surface area contributed by atoms with Crippen molar-refractivity contribution >= 4 is 39.7 Å². The van der Waals surface area contributed by atoms with Crippen LogP contribution in [0, 0.1) is 6.92 Å². The van der Waals surface area contributed by atoms with Gasteiger partial charge in [-0.05, 0) is 31.2 Å². The second kappa shape index (κ2) is 8.98. The second-order valence-electron chi connectivity index (χ2n) is 8.01. The lowest BCUT2D eigenvalue weighted by molar-refractivity contribution is 0.0629. The van der Waals surface area contributed by atoms with E-state index in [-0.39, 0.29) is 5.91 Å². The van der Waals surface area contributed by atoms with E-state index in [1.165, 1.54) is 0 Å². The molecular formula is C25H23ClN4OS. The number of fused-ring (bicyclic) bond motifs is 1. The van der Waals surface area contributed by atoms with Crippen molar-refractivity contribution in [3.8, 4) is 11.3 Å². The summed E-state index contributed by atoms with van der Waals surface area (Å²) in [6, 6.07) is 17.3. The van der Waals surface area contributed by atoms with E-state index in [0.29, 0.717) is 23.7 Å². The SMILES string of the molecule is Cc1nc(CN2CCN(C(=O)c3cc(-c4ccc(Cl)cc4)nc4ccccc34)CC2)cs1. The van der Waals surface area contributed by atoms with Gasteiger partial charge in [0.15, 0.2) is 0 Å². The van der Waals surface area contributed by atoms with Crippen LogP contribution in [0.2, 0.25) is 5.02 Å². The van der Waals surface area contributed by atoms with Crippen molar-refractivity contribution in [1.29, 1.82) is 0 Å². The Bertz CT molecular complexity index is 1260. The number of aromatic nitrogens is 2. The Labute approximate surface area is 196 Å². The maximum atomic E-state index is 13.6. The summed E-state index contributed by atoms with van der Waals surface area (Å²) < 4.78 is 0. The standard InChI is InChI=1S/C25H23ClN4OS/c1-17-27-20(16-32-17)15-29-10-12-30(13-11-29)25(31)22-14-24(18-6-8-19(26)9-7-18)28-23-5-3-2-4-21(22)23/h2-9,14,16H,10-13,15H2,1H3. The van der Waals surface area contributed by atoms with Crippen molar-refractivity contribution in [2.24, 2.45) is 0 Å². The molecule has 0 unspecified atom stereocenters. The van der Waals surface area contributed by atoms with E-state index in [2.05, 4.69) is 15.3 Å². The summed E-state index contributed by atoms with van der Waals surface area (Å²) >= 11 is 7.73. The number of hydrogen-bond donors (Lipinski definition) is 0. The average molecular weight is 463 g/mol. The van der Waals surface area contributed by atoms with E-state index in [0.717, 1.165) is 52.5 Å². The first-order valence-corrected chi connectivity index (χ1v) is 11.9. The third-order valence-electron chi connectivity index (χ3n) is 5.80. The summed E-state index contributed by atoms with van der Waals surface area (Å²) in [5.41, 5.74) is 4.35. The number of carbonyl (C=O) groups is 1. The summed E-state index contributed by atoms with van der Waals surface area (Å²) in [6.07, 6.45) is 0.